The lowest BCUT2D eigenvalue weighted by Gasteiger charge is -2.15. The van der Waals surface area contributed by atoms with Crippen molar-refractivity contribution in [2.24, 2.45) is 0 Å². The van der Waals surface area contributed by atoms with Crippen molar-refractivity contribution in [3.8, 4) is 22.6 Å². The van der Waals surface area contributed by atoms with E-state index in [1.807, 2.05) is 4.98 Å². The zero-order chi connectivity index (χ0) is 25.2. The Morgan fingerprint density at radius 1 is 1.00 bits per heavy atom. The van der Waals surface area contributed by atoms with Gasteiger partial charge in [-0.25, -0.2) is 14.4 Å². The van der Waals surface area contributed by atoms with Crippen molar-refractivity contribution >= 4 is 46.9 Å². The molecule has 0 spiro atoms. The minimum absolute atomic E-state index is 0.0135. The number of carbonyl (C=O) groups is 3. The summed E-state index contributed by atoms with van der Waals surface area (Å²) in [5.41, 5.74) is 2.72. The Balaban J connectivity index is 2.16. The number of ether oxygens (including phenoxy) is 2. The normalized spacial score (nSPS) is 10.6. The molecule has 3 rings (SSSR count). The Labute approximate surface area is 201 Å². The van der Waals surface area contributed by atoms with E-state index in [0.29, 0.717) is 5.02 Å². The van der Waals surface area contributed by atoms with Crippen LogP contribution in [0.4, 0.5) is 5.82 Å². The summed E-state index contributed by atoms with van der Waals surface area (Å²) in [5, 5.41) is 19.5. The van der Waals surface area contributed by atoms with E-state index < -0.39 is 46.0 Å². The molecule has 12 heteroatoms. The van der Waals surface area contributed by atoms with Crippen molar-refractivity contribution < 1.29 is 34.1 Å². The number of carbonyl (C=O) groups excluding carboxylic acids is 1. The first kappa shape index (κ1) is 24.6. The summed E-state index contributed by atoms with van der Waals surface area (Å²) in [5.74, 6) is -4.66. The smallest absolute Gasteiger partial charge is 0.345 e. The van der Waals surface area contributed by atoms with E-state index in [9.17, 15) is 29.4 Å². The molecule has 176 valence electrons. The molecule has 0 unspecified atom stereocenters. The molecule has 0 fully saturated rings. The summed E-state index contributed by atoms with van der Waals surface area (Å²) in [6, 6.07) is 7.96. The van der Waals surface area contributed by atoms with E-state index >= 15 is 0 Å². The first-order valence-corrected chi connectivity index (χ1v) is 10.3. The molecule has 5 N–H and O–H groups in total. The molecule has 0 aliphatic carbocycles. The first-order chi connectivity index (χ1) is 16.0. The van der Waals surface area contributed by atoms with Gasteiger partial charge in [0, 0.05) is 10.6 Å². The second kappa shape index (κ2) is 9.86. The molecule has 0 saturated heterocycles. The third kappa shape index (κ3) is 4.82. The number of halogens is 2. The molecule has 0 atom stereocenters. The average molecular weight is 507 g/mol. The number of anilines is 1. The Hall–Kier alpha value is -4.02. The summed E-state index contributed by atoms with van der Waals surface area (Å²) in [6.07, 6.45) is 0. The number of hydrogen-bond donors (Lipinski definition) is 4. The molecular weight excluding hydrogens is 491 g/mol. The highest BCUT2D eigenvalue weighted by atomic mass is 35.5. The van der Waals surface area contributed by atoms with Crippen molar-refractivity contribution in [3.05, 3.63) is 73.5 Å². The summed E-state index contributed by atoms with van der Waals surface area (Å²) in [4.78, 5) is 50.5. The predicted molar refractivity (Wildman–Crippen MR) is 123 cm³/mol. The van der Waals surface area contributed by atoms with Crippen LogP contribution < -0.4 is 20.8 Å². The number of esters is 1. The molecule has 0 aliphatic heterocycles. The molecule has 1 heterocycles. The lowest BCUT2D eigenvalue weighted by atomic mass is 9.95. The fourth-order valence-electron chi connectivity index (χ4n) is 3.16. The molecule has 34 heavy (non-hydrogen) atoms. The van der Waals surface area contributed by atoms with Crippen LogP contribution in [0.5, 0.6) is 11.5 Å². The molecule has 3 aromatic rings. The number of carboxylic acids is 2. The van der Waals surface area contributed by atoms with Crippen LogP contribution in [0.15, 0.2) is 41.2 Å². The van der Waals surface area contributed by atoms with Gasteiger partial charge in [-0.15, -0.1) is 0 Å². The highest BCUT2D eigenvalue weighted by Gasteiger charge is 2.27. The third-order valence-corrected chi connectivity index (χ3v) is 5.11. The van der Waals surface area contributed by atoms with Crippen molar-refractivity contribution in [1.29, 1.82) is 0 Å². The summed E-state index contributed by atoms with van der Waals surface area (Å²) >= 11 is 11.9. The van der Waals surface area contributed by atoms with Gasteiger partial charge in [-0.2, -0.15) is 0 Å². The zero-order valence-corrected chi connectivity index (χ0v) is 18.9. The number of rotatable bonds is 7. The average Bonchev–Trinajstić information content (AvgIpc) is 2.73. The van der Waals surface area contributed by atoms with E-state index in [1.54, 1.807) is 6.92 Å². The van der Waals surface area contributed by atoms with Gasteiger partial charge in [0.1, 0.15) is 16.9 Å². The van der Waals surface area contributed by atoms with Gasteiger partial charge in [0.25, 0.3) is 5.56 Å². The Bertz CT molecular complexity index is 1380. The fourth-order valence-corrected chi connectivity index (χ4v) is 3.65. The monoisotopic (exact) mass is 506 g/mol. The van der Waals surface area contributed by atoms with Gasteiger partial charge in [0.15, 0.2) is 11.5 Å². The van der Waals surface area contributed by atoms with E-state index in [0.717, 1.165) is 0 Å². The van der Waals surface area contributed by atoms with E-state index in [4.69, 9.17) is 38.4 Å². The van der Waals surface area contributed by atoms with Crippen LogP contribution in [0.1, 0.15) is 38.0 Å². The van der Waals surface area contributed by atoms with Gasteiger partial charge >= 0.3 is 17.9 Å². The highest BCUT2D eigenvalue weighted by Crippen LogP contribution is 2.37. The van der Waals surface area contributed by atoms with Crippen LogP contribution >= 0.6 is 23.2 Å². The second-order valence-electron chi connectivity index (χ2n) is 6.71. The minimum Gasteiger partial charge on any atom is -0.490 e. The summed E-state index contributed by atoms with van der Waals surface area (Å²) < 4.78 is 10.9. The highest BCUT2D eigenvalue weighted by molar-refractivity contribution is 6.36. The third-order valence-electron chi connectivity index (χ3n) is 4.56. The van der Waals surface area contributed by atoms with E-state index in [-0.39, 0.29) is 34.3 Å². The number of benzene rings is 2. The van der Waals surface area contributed by atoms with Crippen LogP contribution in [0.25, 0.3) is 11.1 Å². The fraction of sp³-hybridized carbons (Fsp3) is 0.0909. The molecule has 1 aromatic heterocycles. The number of hydrogen-bond acceptors (Lipinski definition) is 7. The Kier molecular flexibility index (Phi) is 7.14. The number of aromatic nitrogens is 1. The maximum absolute atomic E-state index is 12.6. The lowest BCUT2D eigenvalue weighted by Crippen LogP contribution is -2.24. The molecule has 0 amide bonds. The molecule has 10 nitrogen and oxygen atoms in total. The standard InChI is InChI=1S/C22H16Cl2N2O8/c1-2-33-14-7-9(15-16(20(28)29)18(25)26-19(27)17(15)21(30)31)3-6-13(14)34-22(32)11-5-4-10(23)8-12(11)24/h3-8H,2H2,1H3,(H,28,29)(H,30,31)(H3,25,26,27). The molecule has 0 aliphatic rings. The minimum atomic E-state index is -1.66. The van der Waals surface area contributed by atoms with Crippen LogP contribution in [0, 0.1) is 0 Å². The zero-order valence-electron chi connectivity index (χ0n) is 17.3. The number of aromatic amines is 1. The Morgan fingerprint density at radius 3 is 2.26 bits per heavy atom. The quantitative estimate of drug-likeness (QED) is 0.273. The van der Waals surface area contributed by atoms with Crippen LogP contribution in [0.2, 0.25) is 10.0 Å². The molecule has 0 bridgehead atoms. The lowest BCUT2D eigenvalue weighted by molar-refractivity contribution is 0.0693. The van der Waals surface area contributed by atoms with Crippen molar-refractivity contribution in [2.75, 3.05) is 12.3 Å². The van der Waals surface area contributed by atoms with Gasteiger partial charge in [-0.05, 0) is 42.8 Å². The van der Waals surface area contributed by atoms with Crippen LogP contribution in [-0.4, -0.2) is 39.7 Å². The molecule has 2 aromatic carbocycles. The van der Waals surface area contributed by atoms with Crippen molar-refractivity contribution in [2.45, 2.75) is 6.92 Å². The number of pyridine rings is 1. The molecule has 0 radical (unpaired) electrons. The first-order valence-electron chi connectivity index (χ1n) is 9.51. The van der Waals surface area contributed by atoms with Crippen molar-refractivity contribution in [3.63, 3.8) is 0 Å². The number of nitrogen functional groups attached to an aromatic ring is 1. The van der Waals surface area contributed by atoms with Crippen LogP contribution in [-0.2, 0) is 0 Å². The SMILES string of the molecule is CCOc1cc(-c2c(C(=O)O)c(N)[nH]c(=O)c2C(=O)O)ccc1OC(=O)c1ccc(Cl)cc1Cl. The van der Waals surface area contributed by atoms with Gasteiger partial charge in [0.05, 0.1) is 17.2 Å². The number of nitrogens with one attached hydrogen (secondary N) is 1. The topological polar surface area (TPSA) is 169 Å². The van der Waals surface area contributed by atoms with Crippen LogP contribution in [0.3, 0.4) is 0 Å². The number of H-pyrrole nitrogens is 1. The van der Waals surface area contributed by atoms with Gasteiger partial charge in [-0.3, -0.25) is 4.79 Å². The van der Waals surface area contributed by atoms with E-state index in [2.05, 4.69) is 0 Å². The summed E-state index contributed by atoms with van der Waals surface area (Å²) in [6.45, 7) is 1.76. The van der Waals surface area contributed by atoms with Crippen molar-refractivity contribution in [1.82, 2.24) is 4.98 Å². The number of nitrogens with two attached hydrogens (primary N) is 1. The molecular formula is C22H16Cl2N2O8. The molecule has 0 saturated carbocycles. The van der Waals surface area contributed by atoms with Gasteiger partial charge in [0.2, 0.25) is 0 Å². The summed E-state index contributed by atoms with van der Waals surface area (Å²) in [7, 11) is 0. The predicted octanol–water partition coefficient (Wildman–Crippen LogP) is 3.95. The maximum Gasteiger partial charge on any atom is 0.345 e. The second-order valence-corrected chi connectivity index (χ2v) is 7.55. The van der Waals surface area contributed by atoms with Gasteiger partial charge < -0.3 is 30.4 Å². The number of aromatic carboxylic acids is 2. The maximum atomic E-state index is 12.6. The Morgan fingerprint density at radius 2 is 1.68 bits per heavy atom. The number of carboxylic acid groups (broad SMARTS) is 2. The van der Waals surface area contributed by atoms with Gasteiger partial charge in [-0.1, -0.05) is 29.3 Å². The van der Waals surface area contributed by atoms with E-state index in [1.165, 1.54) is 36.4 Å². The largest absolute Gasteiger partial charge is 0.490 e.